The highest BCUT2D eigenvalue weighted by molar-refractivity contribution is 5.77. The van der Waals surface area contributed by atoms with Crippen LogP contribution in [-0.4, -0.2) is 11.2 Å². The Kier molecular flexibility index (Phi) is 7.07. The molecule has 0 amide bonds. The summed E-state index contributed by atoms with van der Waals surface area (Å²) >= 11 is 0. The van der Waals surface area contributed by atoms with Crippen molar-refractivity contribution in [2.24, 2.45) is 0 Å². The van der Waals surface area contributed by atoms with Crippen molar-refractivity contribution in [2.75, 3.05) is 0 Å². The van der Waals surface area contributed by atoms with E-state index in [1.54, 1.807) is 6.92 Å². The smallest absolute Gasteiger partial charge is 0.00554 e. The molecule has 2 heteroatoms. The molecule has 0 atom stereocenters. The van der Waals surface area contributed by atoms with Gasteiger partial charge in [-0.1, -0.05) is 6.92 Å². The van der Waals surface area contributed by atoms with Gasteiger partial charge in [0.15, 0.2) is 0 Å². The van der Waals surface area contributed by atoms with Gasteiger partial charge in [0.1, 0.15) is 0 Å². The average molecular weight is 89.1 g/mol. The average Bonchev–Trinajstić information content (AvgIpc) is 1.38. The molecule has 0 radical (unpaired) electrons. The summed E-state index contributed by atoms with van der Waals surface area (Å²) in [4.78, 5) is 0. The van der Waals surface area contributed by atoms with Crippen molar-refractivity contribution in [1.29, 1.82) is 5.41 Å². The Labute approximate surface area is 38.0 Å². The topological polar surface area (TPSA) is 55.4 Å². The fraction of sp³-hybridized carbons (Fsp3) is 0.750. The van der Waals surface area contributed by atoms with E-state index in [4.69, 9.17) is 5.41 Å². The van der Waals surface area contributed by atoms with Crippen LogP contribution in [0.4, 0.5) is 0 Å². The molecule has 0 bridgehead atoms. The van der Waals surface area contributed by atoms with Crippen LogP contribution in [0.15, 0.2) is 0 Å². The molecule has 0 heterocycles. The van der Waals surface area contributed by atoms with E-state index in [9.17, 15) is 0 Å². The fourth-order valence-corrected chi connectivity index (χ4v) is 0. The number of rotatable bonds is 1. The summed E-state index contributed by atoms with van der Waals surface area (Å²) < 4.78 is 0. The molecule has 0 saturated heterocycles. The van der Waals surface area contributed by atoms with E-state index in [1.807, 2.05) is 6.92 Å². The zero-order valence-electron chi connectivity index (χ0n) is 4.21. The van der Waals surface area contributed by atoms with Crippen LogP contribution in [-0.2, 0) is 0 Å². The summed E-state index contributed by atoms with van der Waals surface area (Å²) in [5.74, 6) is 0. The molecule has 38 valence electrons. The molecule has 0 aromatic carbocycles. The molecule has 0 aliphatic heterocycles. The molecule has 0 aliphatic rings. The van der Waals surface area contributed by atoms with Gasteiger partial charge < -0.3 is 10.9 Å². The first-order valence-corrected chi connectivity index (χ1v) is 1.81. The normalized spacial score (nSPS) is 6.33. The Morgan fingerprint density at radius 3 is 1.83 bits per heavy atom. The molecule has 0 unspecified atom stereocenters. The molecule has 2 nitrogen and oxygen atoms in total. The lowest BCUT2D eigenvalue weighted by Gasteiger charge is -1.77. The Morgan fingerprint density at radius 1 is 1.67 bits per heavy atom. The van der Waals surface area contributed by atoms with Crippen LogP contribution in [0.25, 0.3) is 0 Å². The van der Waals surface area contributed by atoms with E-state index in [0.29, 0.717) is 0 Å². The largest absolute Gasteiger partial charge is 0.412 e. The van der Waals surface area contributed by atoms with Gasteiger partial charge in [0, 0.05) is 5.71 Å². The van der Waals surface area contributed by atoms with Crippen molar-refractivity contribution < 1.29 is 5.48 Å². The predicted octanol–water partition coefficient (Wildman–Crippen LogP) is 0.611. The minimum atomic E-state index is 0. The van der Waals surface area contributed by atoms with Gasteiger partial charge in [0.25, 0.3) is 0 Å². The third-order valence-electron chi connectivity index (χ3n) is 0.530. The summed E-state index contributed by atoms with van der Waals surface area (Å²) in [5, 5.41) is 6.74. The van der Waals surface area contributed by atoms with Gasteiger partial charge in [-0.3, -0.25) is 0 Å². The van der Waals surface area contributed by atoms with Crippen molar-refractivity contribution in [3.05, 3.63) is 0 Å². The molecule has 6 heavy (non-hydrogen) atoms. The molecule has 0 spiro atoms. The molecule has 0 aromatic heterocycles. The van der Waals surface area contributed by atoms with E-state index >= 15 is 0 Å². The highest BCUT2D eigenvalue weighted by Crippen LogP contribution is 1.72. The van der Waals surface area contributed by atoms with Crippen LogP contribution >= 0.6 is 0 Å². The molecule has 0 fully saturated rings. The number of nitrogens with one attached hydrogen (secondary N) is 1. The zero-order valence-corrected chi connectivity index (χ0v) is 4.21. The van der Waals surface area contributed by atoms with Gasteiger partial charge in [0.2, 0.25) is 0 Å². The van der Waals surface area contributed by atoms with Crippen LogP contribution in [0, 0.1) is 5.41 Å². The summed E-state index contributed by atoms with van der Waals surface area (Å²) in [6, 6.07) is 0. The third kappa shape index (κ3) is 9.45. The zero-order chi connectivity index (χ0) is 4.28. The maximum absolute atomic E-state index is 6.74. The summed E-state index contributed by atoms with van der Waals surface area (Å²) in [7, 11) is 0. The maximum atomic E-state index is 6.74. The second-order valence-corrected chi connectivity index (χ2v) is 1.13. The van der Waals surface area contributed by atoms with E-state index in [-0.39, 0.29) is 5.48 Å². The summed E-state index contributed by atoms with van der Waals surface area (Å²) in [5.41, 5.74) is 0.755. The van der Waals surface area contributed by atoms with E-state index in [1.165, 1.54) is 0 Å². The van der Waals surface area contributed by atoms with Crippen LogP contribution in [0.3, 0.4) is 0 Å². The monoisotopic (exact) mass is 89.1 g/mol. The summed E-state index contributed by atoms with van der Waals surface area (Å²) in [6.45, 7) is 3.78. The summed E-state index contributed by atoms with van der Waals surface area (Å²) in [6.07, 6.45) is 0.889. The van der Waals surface area contributed by atoms with Gasteiger partial charge in [-0.15, -0.1) is 0 Å². The second-order valence-electron chi connectivity index (χ2n) is 1.13. The van der Waals surface area contributed by atoms with Crippen molar-refractivity contribution in [3.8, 4) is 0 Å². The van der Waals surface area contributed by atoms with Gasteiger partial charge in [0.05, 0.1) is 0 Å². The lowest BCUT2D eigenvalue weighted by Crippen LogP contribution is -1.78. The third-order valence-corrected chi connectivity index (χ3v) is 0.530. The second kappa shape index (κ2) is 4.63. The van der Waals surface area contributed by atoms with E-state index in [0.717, 1.165) is 12.1 Å². The van der Waals surface area contributed by atoms with Gasteiger partial charge in [-0.2, -0.15) is 0 Å². The van der Waals surface area contributed by atoms with Crippen molar-refractivity contribution in [3.63, 3.8) is 0 Å². The minimum Gasteiger partial charge on any atom is -0.412 e. The SMILES string of the molecule is CCC(C)=N.O. The lowest BCUT2D eigenvalue weighted by molar-refractivity contribution is 0.824. The molecule has 0 aliphatic carbocycles. The van der Waals surface area contributed by atoms with Crippen LogP contribution in [0.1, 0.15) is 20.3 Å². The van der Waals surface area contributed by atoms with Crippen molar-refractivity contribution >= 4 is 5.71 Å². The quantitative estimate of drug-likeness (QED) is 0.458. The van der Waals surface area contributed by atoms with Gasteiger partial charge in [-0.25, -0.2) is 0 Å². The van der Waals surface area contributed by atoms with Crippen molar-refractivity contribution in [2.45, 2.75) is 20.3 Å². The Morgan fingerprint density at radius 2 is 1.83 bits per heavy atom. The first kappa shape index (κ1) is 9.16. The van der Waals surface area contributed by atoms with Gasteiger partial charge in [-0.05, 0) is 13.3 Å². The first-order chi connectivity index (χ1) is 2.27. The Bertz CT molecular complexity index is 42.8. The molecule has 3 N–H and O–H groups in total. The van der Waals surface area contributed by atoms with E-state index in [2.05, 4.69) is 0 Å². The molecular formula is C4H11NO. The first-order valence-electron chi connectivity index (χ1n) is 1.81. The minimum absolute atomic E-state index is 0. The molecule has 0 aromatic rings. The molecule has 0 saturated carbocycles. The predicted molar refractivity (Wildman–Crippen MR) is 27.3 cm³/mol. The fourth-order valence-electron chi connectivity index (χ4n) is 0. The Balaban J connectivity index is 0. The highest BCUT2D eigenvalue weighted by Gasteiger charge is 1.70. The van der Waals surface area contributed by atoms with Crippen molar-refractivity contribution in [1.82, 2.24) is 0 Å². The van der Waals surface area contributed by atoms with Gasteiger partial charge >= 0.3 is 0 Å². The standard InChI is InChI=1S/C4H9N.H2O/c1-3-4(2)5;/h5H,3H2,1-2H3;1H2. The van der Waals surface area contributed by atoms with E-state index < -0.39 is 0 Å². The highest BCUT2D eigenvalue weighted by atomic mass is 16.0. The Hall–Kier alpha value is -0.370. The van der Waals surface area contributed by atoms with Crippen LogP contribution in [0.5, 0.6) is 0 Å². The van der Waals surface area contributed by atoms with Crippen LogP contribution in [0.2, 0.25) is 0 Å². The lowest BCUT2D eigenvalue weighted by atomic mass is 10.3. The number of hydrogen-bond acceptors (Lipinski definition) is 1. The van der Waals surface area contributed by atoms with Crippen LogP contribution < -0.4 is 0 Å². The number of hydrogen-bond donors (Lipinski definition) is 1. The maximum Gasteiger partial charge on any atom is 0.00554 e. The molecular weight excluding hydrogens is 78.0 g/mol. The molecule has 0 rings (SSSR count).